The van der Waals surface area contributed by atoms with Crippen LogP contribution in [0.15, 0.2) is 72.8 Å². The van der Waals surface area contributed by atoms with E-state index in [4.69, 9.17) is 0 Å². The largest absolute Gasteiger partial charge is 2.00 e. The molecule has 0 saturated carbocycles. The number of halogens is 2. The van der Waals surface area contributed by atoms with Crippen LogP contribution in [0.4, 0.5) is 0 Å². The first-order valence-corrected chi connectivity index (χ1v) is 20.2. The standard InChI is InChI=1S/C52H54.2ClH.Hf/c1-5-9-13-17-21-39-25-29-43-44-30-26-40(22-18-14-10-6-2)36-50(44)47(49(43)35-39)33-34-48-51-37-41(23-19-15-11-7-3)27-31-45(51)46-32-28-42(38-52(46)48)24-20-16-12-8-4;;;/h25-32,35-38,47-48H,5-16,33-34H2,1-4H3;2*1H;/q;;;+2/p-2. The molecule has 2 aliphatic rings. The molecule has 6 rings (SSSR count). The molecule has 4 aromatic rings. The van der Waals surface area contributed by atoms with E-state index >= 15 is 0 Å². The van der Waals surface area contributed by atoms with Crippen molar-refractivity contribution in [2.24, 2.45) is 0 Å². The minimum Gasteiger partial charge on any atom is -1.00 e. The van der Waals surface area contributed by atoms with Gasteiger partial charge in [-0.15, -0.1) is 0 Å². The Morgan fingerprint density at radius 3 is 0.836 bits per heavy atom. The predicted octanol–water partition coefficient (Wildman–Crippen LogP) is 7.56. The maximum atomic E-state index is 3.49. The summed E-state index contributed by atoms with van der Waals surface area (Å²) in [5.74, 6) is 28.3. The number of benzene rings is 4. The zero-order valence-electron chi connectivity index (χ0n) is 33.2. The third-order valence-corrected chi connectivity index (χ3v) is 10.6. The third-order valence-electron chi connectivity index (χ3n) is 10.6. The molecule has 2 aliphatic carbocycles. The van der Waals surface area contributed by atoms with Crippen LogP contribution >= 0.6 is 0 Å². The fourth-order valence-electron chi connectivity index (χ4n) is 7.71. The number of rotatable bonds is 11. The number of unbranched alkanes of at least 4 members (excludes halogenated alkanes) is 8. The summed E-state index contributed by atoms with van der Waals surface area (Å²) >= 11 is 0. The Labute approximate surface area is 364 Å². The van der Waals surface area contributed by atoms with Crippen LogP contribution in [0.2, 0.25) is 0 Å². The first-order valence-electron chi connectivity index (χ1n) is 20.2. The second-order valence-corrected chi connectivity index (χ2v) is 14.5. The SMILES string of the molecule is CCCCC#Cc1ccc2c(c1)C(CCC1c3cc(C#CCCCC)ccc3-c3ccc(C#CCCCC)cc31)c1cc(C#CCCCC)ccc1-2.[Cl-].[Cl-].[Hf+2]. The van der Waals surface area contributed by atoms with Gasteiger partial charge in [-0.1, -0.05) is 125 Å². The number of hydrogen-bond donors (Lipinski definition) is 0. The van der Waals surface area contributed by atoms with Gasteiger partial charge in [-0.05, 0) is 132 Å². The van der Waals surface area contributed by atoms with E-state index < -0.39 is 0 Å². The summed E-state index contributed by atoms with van der Waals surface area (Å²) in [6, 6.07) is 27.7. The summed E-state index contributed by atoms with van der Waals surface area (Å²) in [4.78, 5) is 0. The molecule has 0 unspecified atom stereocenters. The van der Waals surface area contributed by atoms with Crippen molar-refractivity contribution in [1.29, 1.82) is 0 Å². The van der Waals surface area contributed by atoms with Crippen LogP contribution < -0.4 is 24.8 Å². The van der Waals surface area contributed by atoms with Gasteiger partial charge in [-0.3, -0.25) is 0 Å². The molecule has 0 radical (unpaired) electrons. The van der Waals surface area contributed by atoms with Crippen molar-refractivity contribution in [3.63, 3.8) is 0 Å². The summed E-state index contributed by atoms with van der Waals surface area (Å²) in [6.45, 7) is 8.91. The van der Waals surface area contributed by atoms with Crippen molar-refractivity contribution >= 4 is 0 Å². The van der Waals surface area contributed by atoms with Crippen molar-refractivity contribution in [3.05, 3.63) is 117 Å². The van der Waals surface area contributed by atoms with E-state index in [1.165, 1.54) is 70.2 Å². The number of fused-ring (bicyclic) bond motifs is 6. The van der Waals surface area contributed by atoms with Gasteiger partial charge in [0, 0.05) is 59.8 Å². The van der Waals surface area contributed by atoms with Crippen LogP contribution in [0.25, 0.3) is 22.3 Å². The summed E-state index contributed by atoms with van der Waals surface area (Å²) in [5, 5.41) is 0. The van der Waals surface area contributed by atoms with Gasteiger partial charge < -0.3 is 24.8 Å². The molecule has 0 saturated heterocycles. The minimum absolute atomic E-state index is 0. The second-order valence-electron chi connectivity index (χ2n) is 14.5. The molecule has 0 spiro atoms. The monoisotopic (exact) mass is 928 g/mol. The molecular formula is C52H54Cl2Hf. The van der Waals surface area contributed by atoms with Crippen LogP contribution in [0, 0.1) is 47.4 Å². The van der Waals surface area contributed by atoms with E-state index in [-0.39, 0.29) is 50.7 Å². The Balaban J connectivity index is 0.00000271. The van der Waals surface area contributed by atoms with E-state index in [0.717, 1.165) is 86.5 Å². The molecule has 0 atom stereocenters. The predicted molar refractivity (Wildman–Crippen MR) is 222 cm³/mol. The molecule has 4 aromatic carbocycles. The van der Waals surface area contributed by atoms with Gasteiger partial charge in [0.25, 0.3) is 0 Å². The van der Waals surface area contributed by atoms with Crippen molar-refractivity contribution in [2.75, 3.05) is 0 Å². The second kappa shape index (κ2) is 23.6. The van der Waals surface area contributed by atoms with Crippen LogP contribution in [-0.2, 0) is 25.8 Å². The molecule has 0 N–H and O–H groups in total. The first kappa shape index (κ1) is 46.0. The summed E-state index contributed by atoms with van der Waals surface area (Å²) in [6.07, 6.45) is 15.2. The molecule has 280 valence electrons. The van der Waals surface area contributed by atoms with Crippen LogP contribution in [0.5, 0.6) is 0 Å². The van der Waals surface area contributed by atoms with Gasteiger partial charge in [-0.2, -0.15) is 0 Å². The zero-order valence-corrected chi connectivity index (χ0v) is 38.3. The van der Waals surface area contributed by atoms with Crippen molar-refractivity contribution in [2.45, 2.75) is 129 Å². The van der Waals surface area contributed by atoms with Gasteiger partial charge in [0.2, 0.25) is 0 Å². The fourth-order valence-corrected chi connectivity index (χ4v) is 7.71. The van der Waals surface area contributed by atoms with Gasteiger partial charge in [0.05, 0.1) is 0 Å². The molecule has 55 heavy (non-hydrogen) atoms. The summed E-state index contributed by atoms with van der Waals surface area (Å²) in [5.41, 5.74) is 15.6. The fraction of sp³-hybridized carbons (Fsp3) is 0.385. The first-order chi connectivity index (χ1) is 25.6. The minimum atomic E-state index is 0. The van der Waals surface area contributed by atoms with Crippen molar-refractivity contribution in [1.82, 2.24) is 0 Å². The average Bonchev–Trinajstić information content (AvgIpc) is 3.64. The molecule has 0 aromatic heterocycles. The van der Waals surface area contributed by atoms with Crippen molar-refractivity contribution in [3.8, 4) is 69.6 Å². The van der Waals surface area contributed by atoms with Gasteiger partial charge in [-0.25, -0.2) is 0 Å². The Kier molecular flexibility index (Phi) is 19.7. The maximum Gasteiger partial charge on any atom is 2.00 e. The Morgan fingerprint density at radius 1 is 0.382 bits per heavy atom. The number of hydrogen-bond acceptors (Lipinski definition) is 0. The molecule has 0 heterocycles. The zero-order chi connectivity index (χ0) is 36.1. The average molecular weight is 928 g/mol. The van der Waals surface area contributed by atoms with E-state index in [2.05, 4.69) is 148 Å². The summed E-state index contributed by atoms with van der Waals surface area (Å²) in [7, 11) is 0. The molecule has 0 bridgehead atoms. The molecule has 3 heteroatoms. The van der Waals surface area contributed by atoms with Crippen molar-refractivity contribution < 1.29 is 50.7 Å². The van der Waals surface area contributed by atoms with E-state index in [0.29, 0.717) is 11.8 Å². The van der Waals surface area contributed by atoms with E-state index in [1.807, 2.05) is 0 Å². The van der Waals surface area contributed by atoms with Gasteiger partial charge in [0.15, 0.2) is 0 Å². The normalized spacial score (nSPS) is 11.5. The Hall–Kier alpha value is -3.43. The molecular weight excluding hydrogens is 874 g/mol. The topological polar surface area (TPSA) is 0 Å². The Morgan fingerprint density at radius 2 is 0.618 bits per heavy atom. The van der Waals surface area contributed by atoms with Crippen LogP contribution in [0.1, 0.15) is 174 Å². The van der Waals surface area contributed by atoms with Gasteiger partial charge >= 0.3 is 25.8 Å². The van der Waals surface area contributed by atoms with Crippen LogP contribution in [-0.4, -0.2) is 0 Å². The third kappa shape index (κ3) is 11.6. The van der Waals surface area contributed by atoms with Crippen LogP contribution in [0.3, 0.4) is 0 Å². The quantitative estimate of drug-likeness (QED) is 0.0829. The smallest absolute Gasteiger partial charge is 1.00 e. The molecule has 0 aliphatic heterocycles. The molecule has 0 amide bonds. The molecule has 0 nitrogen and oxygen atoms in total. The van der Waals surface area contributed by atoms with Gasteiger partial charge in [0.1, 0.15) is 0 Å². The maximum absolute atomic E-state index is 3.49. The Bertz CT molecular complexity index is 1840. The van der Waals surface area contributed by atoms with E-state index in [9.17, 15) is 0 Å². The van der Waals surface area contributed by atoms with E-state index in [1.54, 1.807) is 0 Å². The molecule has 0 fully saturated rings. The summed E-state index contributed by atoms with van der Waals surface area (Å²) < 4.78 is 0.